The van der Waals surface area contributed by atoms with Crippen molar-refractivity contribution in [1.82, 2.24) is 85.6 Å². The molecule has 0 bridgehead atoms. The summed E-state index contributed by atoms with van der Waals surface area (Å²) in [7, 11) is 0. The third-order valence-corrected chi connectivity index (χ3v) is 4.66. The zero-order chi connectivity index (χ0) is 35.8. The lowest BCUT2D eigenvalue weighted by molar-refractivity contribution is 0.907. The molecule has 0 radical (unpaired) electrons. The molecule has 0 unspecified atom stereocenters. The molecule has 7 heterocycles. The van der Waals surface area contributed by atoms with E-state index in [1.54, 1.807) is 75.1 Å². The van der Waals surface area contributed by atoms with Crippen LogP contribution in [0.4, 0.5) is 0 Å². The molecule has 7 rings (SSSR count). The van der Waals surface area contributed by atoms with Gasteiger partial charge in [-0.25, -0.2) is 34.9 Å². The smallest absolute Gasteiger partial charge is 0.147 e. The Morgan fingerprint density at radius 1 is 0.347 bits per heavy atom. The Morgan fingerprint density at radius 2 is 1.04 bits per heavy atom. The van der Waals surface area contributed by atoms with E-state index in [2.05, 4.69) is 85.6 Å². The molecule has 49 heavy (non-hydrogen) atoms. The lowest BCUT2D eigenvalue weighted by Gasteiger charge is -1.81. The van der Waals surface area contributed by atoms with Crippen molar-refractivity contribution >= 4 is 0 Å². The van der Waals surface area contributed by atoms with Gasteiger partial charge >= 0.3 is 0 Å². The van der Waals surface area contributed by atoms with Gasteiger partial charge in [-0.05, 0) is 77.8 Å². The Balaban J connectivity index is 0.000000286. The minimum atomic E-state index is 0.711. The SMILES string of the molecule is Cc1cccnn1.Cc1ccnnc1.Cc1cnccn1.Cc1cncnc1.Cc1cnncn1.Cc1nccnn1.Cc1ncncn1. The second-order valence-electron chi connectivity index (χ2n) is 9.17. The van der Waals surface area contributed by atoms with Gasteiger partial charge in [0, 0.05) is 49.6 Å². The summed E-state index contributed by atoms with van der Waals surface area (Å²) < 4.78 is 0. The van der Waals surface area contributed by atoms with Crippen molar-refractivity contribution in [3.63, 3.8) is 0 Å². The average Bonchev–Trinajstić information content (AvgIpc) is 3.12. The van der Waals surface area contributed by atoms with Crippen LogP contribution >= 0.6 is 0 Å². The molecule has 0 fully saturated rings. The van der Waals surface area contributed by atoms with Gasteiger partial charge in [0.2, 0.25) is 0 Å². The van der Waals surface area contributed by atoms with Gasteiger partial charge in [0.1, 0.15) is 37.0 Å². The molecule has 0 saturated carbocycles. The van der Waals surface area contributed by atoms with Crippen LogP contribution < -0.4 is 0 Å². The first kappa shape index (κ1) is 40.4. The van der Waals surface area contributed by atoms with Gasteiger partial charge < -0.3 is 0 Å². The third-order valence-electron chi connectivity index (χ3n) is 4.66. The summed E-state index contributed by atoms with van der Waals surface area (Å²) >= 11 is 0. The monoisotopic (exact) mass is 661 g/mol. The number of aryl methyl sites for hydroxylation is 7. The number of aromatic nitrogens is 17. The van der Waals surface area contributed by atoms with E-state index in [1.165, 1.54) is 25.3 Å². The normalized spacial score (nSPS) is 8.71. The molecular weight excluding hydrogens is 622 g/mol. The number of nitrogens with zero attached hydrogens (tertiary/aromatic N) is 17. The summed E-state index contributed by atoms with van der Waals surface area (Å²) in [6.45, 7) is 13.2. The highest BCUT2D eigenvalue weighted by molar-refractivity contribution is 5.00. The Morgan fingerprint density at radius 3 is 1.33 bits per heavy atom. The molecular formula is C32H39N17. The second-order valence-corrected chi connectivity index (χ2v) is 9.17. The molecule has 7 aromatic heterocycles. The van der Waals surface area contributed by atoms with Crippen LogP contribution in [-0.2, 0) is 0 Å². The van der Waals surface area contributed by atoms with Crippen LogP contribution in [-0.4, -0.2) is 85.6 Å². The Bertz CT molecular complexity index is 1320. The maximum atomic E-state index is 3.92. The lowest BCUT2D eigenvalue weighted by atomic mass is 10.4. The van der Waals surface area contributed by atoms with Crippen molar-refractivity contribution < 1.29 is 0 Å². The first-order valence-corrected chi connectivity index (χ1v) is 14.5. The van der Waals surface area contributed by atoms with Gasteiger partial charge in [0.25, 0.3) is 0 Å². The van der Waals surface area contributed by atoms with Gasteiger partial charge in [0.05, 0.1) is 35.7 Å². The zero-order valence-corrected chi connectivity index (χ0v) is 28.5. The van der Waals surface area contributed by atoms with Gasteiger partial charge in [-0.3, -0.25) is 9.97 Å². The largest absolute Gasteiger partial charge is 0.261 e. The topological polar surface area (TPSA) is 219 Å². The van der Waals surface area contributed by atoms with Crippen LogP contribution in [0.3, 0.4) is 0 Å². The van der Waals surface area contributed by atoms with Crippen molar-refractivity contribution in [3.8, 4) is 0 Å². The predicted octanol–water partition coefficient (Wildman–Crippen LogP) is 3.68. The van der Waals surface area contributed by atoms with Crippen LogP contribution in [0.2, 0.25) is 0 Å². The fourth-order valence-corrected chi connectivity index (χ4v) is 2.39. The van der Waals surface area contributed by atoms with Crippen molar-refractivity contribution in [2.75, 3.05) is 0 Å². The molecule has 0 atom stereocenters. The van der Waals surface area contributed by atoms with Crippen LogP contribution in [0.15, 0.2) is 112 Å². The van der Waals surface area contributed by atoms with Crippen LogP contribution in [0.5, 0.6) is 0 Å². The summed E-state index contributed by atoms with van der Waals surface area (Å²) in [4.78, 5) is 34.0. The van der Waals surface area contributed by atoms with Crippen LogP contribution in [0.1, 0.15) is 39.9 Å². The molecule has 17 heteroatoms. The molecule has 17 nitrogen and oxygen atoms in total. The van der Waals surface area contributed by atoms with E-state index in [4.69, 9.17) is 0 Å². The molecule has 0 aliphatic carbocycles. The molecule has 252 valence electrons. The number of rotatable bonds is 0. The first-order valence-electron chi connectivity index (χ1n) is 14.5. The molecule has 0 spiro atoms. The third kappa shape index (κ3) is 26.3. The Labute approximate surface area is 285 Å². The lowest BCUT2D eigenvalue weighted by Crippen LogP contribution is -1.85. The van der Waals surface area contributed by atoms with E-state index in [0.29, 0.717) is 5.82 Å². The van der Waals surface area contributed by atoms with E-state index in [9.17, 15) is 0 Å². The van der Waals surface area contributed by atoms with Crippen molar-refractivity contribution in [1.29, 1.82) is 0 Å². The minimum Gasteiger partial charge on any atom is -0.261 e. The fraction of sp³-hybridized carbons (Fsp3) is 0.219. The van der Waals surface area contributed by atoms with E-state index in [-0.39, 0.29) is 0 Å². The summed E-state index contributed by atoms with van der Waals surface area (Å²) in [5, 5.41) is 28.8. The highest BCUT2D eigenvalue weighted by Gasteiger charge is 1.79. The maximum absolute atomic E-state index is 3.92. The molecule has 0 amide bonds. The van der Waals surface area contributed by atoms with E-state index in [0.717, 1.165) is 34.0 Å². The summed E-state index contributed by atoms with van der Waals surface area (Å²) in [5.41, 5.74) is 5.07. The Kier molecular flexibility index (Phi) is 22.8. The molecule has 0 N–H and O–H groups in total. The Hall–Kier alpha value is -6.65. The summed E-state index contributed by atoms with van der Waals surface area (Å²) in [6, 6.07) is 5.68. The molecule has 0 aromatic carbocycles. The van der Waals surface area contributed by atoms with Gasteiger partial charge in [-0.2, -0.15) is 30.6 Å². The number of hydrogen-bond acceptors (Lipinski definition) is 17. The minimum absolute atomic E-state index is 0.711. The highest BCUT2D eigenvalue weighted by atomic mass is 15.1. The standard InChI is InChI=1S/4C5H6N2.3C4H5N3/c1-5-2-6-4-7-3-5;1-5-4-6-2-3-7-5;1-5-2-3-6-7-4-5;1-5-3-2-4-6-7-5;1-4-6-2-5-3-7-4;1-4-2-6-7-3-5-4;1-4-5-2-3-6-7-4/h4*2-4H,1H3;3*2-3H,1H3. The molecule has 0 aliphatic heterocycles. The van der Waals surface area contributed by atoms with Gasteiger partial charge in [0.15, 0.2) is 0 Å². The molecule has 0 aliphatic rings. The van der Waals surface area contributed by atoms with Crippen molar-refractivity contribution in [3.05, 3.63) is 152 Å². The average molecular weight is 662 g/mol. The maximum Gasteiger partial charge on any atom is 0.147 e. The quantitative estimate of drug-likeness (QED) is 0.226. The first-order chi connectivity index (χ1) is 23.8. The summed E-state index contributed by atoms with van der Waals surface area (Å²) in [5.74, 6) is 1.47. The highest BCUT2D eigenvalue weighted by Crippen LogP contribution is 1.86. The van der Waals surface area contributed by atoms with Gasteiger partial charge in [-0.15, -0.1) is 10.2 Å². The molecule has 7 aromatic rings. The van der Waals surface area contributed by atoms with Gasteiger partial charge in [-0.1, -0.05) is 0 Å². The van der Waals surface area contributed by atoms with Crippen LogP contribution in [0, 0.1) is 48.5 Å². The van der Waals surface area contributed by atoms with Crippen molar-refractivity contribution in [2.45, 2.75) is 48.5 Å². The fourth-order valence-electron chi connectivity index (χ4n) is 2.39. The predicted molar refractivity (Wildman–Crippen MR) is 181 cm³/mol. The van der Waals surface area contributed by atoms with E-state index in [1.807, 2.05) is 59.7 Å². The second kappa shape index (κ2) is 27.6. The number of hydrogen-bond donors (Lipinski definition) is 0. The van der Waals surface area contributed by atoms with E-state index < -0.39 is 0 Å². The van der Waals surface area contributed by atoms with E-state index >= 15 is 0 Å². The zero-order valence-electron chi connectivity index (χ0n) is 28.5. The van der Waals surface area contributed by atoms with Crippen molar-refractivity contribution in [2.24, 2.45) is 0 Å². The summed E-state index contributed by atoms with van der Waals surface area (Å²) in [6.07, 6.45) is 24.3. The molecule has 0 saturated heterocycles. The van der Waals surface area contributed by atoms with Crippen LogP contribution in [0.25, 0.3) is 0 Å².